The Kier molecular flexibility index (Phi) is 6.04. The second-order valence-corrected chi connectivity index (χ2v) is 4.52. The van der Waals surface area contributed by atoms with E-state index in [-0.39, 0.29) is 0 Å². The summed E-state index contributed by atoms with van der Waals surface area (Å²) in [6.07, 6.45) is 6.35. The van der Waals surface area contributed by atoms with Crippen molar-refractivity contribution in [1.29, 1.82) is 0 Å². The van der Waals surface area contributed by atoms with Crippen molar-refractivity contribution in [3.8, 4) is 0 Å². The number of aromatic nitrogens is 1. The highest BCUT2D eigenvalue weighted by atomic mass is 15.2. The topological polar surface area (TPSA) is 50.9 Å². The second kappa shape index (κ2) is 7.36. The van der Waals surface area contributed by atoms with E-state index in [1.165, 1.54) is 12.8 Å². The first-order valence-electron chi connectivity index (χ1n) is 6.12. The maximum absolute atomic E-state index is 5.59. The van der Waals surface area contributed by atoms with Gasteiger partial charge >= 0.3 is 0 Å². The molecule has 1 aromatic heterocycles. The monoisotopic (exact) mass is 221 g/mol. The van der Waals surface area contributed by atoms with Crippen molar-refractivity contribution < 1.29 is 0 Å². The molecule has 0 spiro atoms. The number of nitrogens with two attached hydrogens (primary N) is 1. The average molecular weight is 221 g/mol. The molecule has 0 saturated heterocycles. The Balaban J connectivity index is 2.43. The van der Waals surface area contributed by atoms with Crippen LogP contribution in [0.3, 0.4) is 0 Å². The van der Waals surface area contributed by atoms with Gasteiger partial charge in [-0.2, -0.15) is 0 Å². The van der Waals surface area contributed by atoms with Crippen LogP contribution in [0.2, 0.25) is 0 Å². The Hall–Kier alpha value is -0.930. The molecule has 0 aliphatic heterocycles. The molecule has 0 aliphatic rings. The van der Waals surface area contributed by atoms with E-state index < -0.39 is 0 Å². The second-order valence-electron chi connectivity index (χ2n) is 4.52. The first-order valence-corrected chi connectivity index (χ1v) is 6.12. The standard InChI is InChI=1S/C13H23N3/c1-3-6-11(2)9-13(16-14)10-12-7-4-5-8-15-12/h4-5,7-8,11,13,16H,3,6,9-10,14H2,1-2H3. The summed E-state index contributed by atoms with van der Waals surface area (Å²) in [4.78, 5) is 4.32. The Morgan fingerprint density at radius 1 is 1.44 bits per heavy atom. The highest BCUT2D eigenvalue weighted by molar-refractivity contribution is 5.05. The number of nitrogens with one attached hydrogen (secondary N) is 1. The van der Waals surface area contributed by atoms with Crippen molar-refractivity contribution >= 4 is 0 Å². The molecule has 16 heavy (non-hydrogen) atoms. The van der Waals surface area contributed by atoms with Crippen LogP contribution in [0.1, 0.15) is 38.8 Å². The molecule has 1 rings (SSSR count). The fourth-order valence-corrected chi connectivity index (χ4v) is 2.08. The van der Waals surface area contributed by atoms with Gasteiger partial charge in [0.15, 0.2) is 0 Å². The van der Waals surface area contributed by atoms with Gasteiger partial charge in [-0.3, -0.25) is 16.3 Å². The van der Waals surface area contributed by atoms with Crippen LogP contribution in [-0.4, -0.2) is 11.0 Å². The molecular weight excluding hydrogens is 198 g/mol. The van der Waals surface area contributed by atoms with Gasteiger partial charge in [-0.15, -0.1) is 0 Å². The summed E-state index contributed by atoms with van der Waals surface area (Å²) in [6, 6.07) is 6.34. The summed E-state index contributed by atoms with van der Waals surface area (Å²) in [6.45, 7) is 4.51. The maximum atomic E-state index is 5.59. The van der Waals surface area contributed by atoms with Crippen molar-refractivity contribution in [1.82, 2.24) is 10.4 Å². The summed E-state index contributed by atoms with van der Waals surface area (Å²) in [5, 5.41) is 0. The van der Waals surface area contributed by atoms with E-state index >= 15 is 0 Å². The molecule has 3 heteroatoms. The van der Waals surface area contributed by atoms with E-state index in [0.717, 1.165) is 24.5 Å². The van der Waals surface area contributed by atoms with Crippen LogP contribution in [0.15, 0.2) is 24.4 Å². The SMILES string of the molecule is CCCC(C)CC(Cc1ccccn1)NN. The van der Waals surface area contributed by atoms with Crippen LogP contribution < -0.4 is 11.3 Å². The molecule has 90 valence electrons. The lowest BCUT2D eigenvalue weighted by Crippen LogP contribution is -2.38. The predicted molar refractivity (Wildman–Crippen MR) is 67.7 cm³/mol. The van der Waals surface area contributed by atoms with E-state index in [1.807, 2.05) is 18.3 Å². The summed E-state index contributed by atoms with van der Waals surface area (Å²) in [5.41, 5.74) is 4.01. The zero-order valence-electron chi connectivity index (χ0n) is 10.3. The molecule has 0 aliphatic carbocycles. The van der Waals surface area contributed by atoms with Gasteiger partial charge in [0.05, 0.1) is 0 Å². The first-order chi connectivity index (χ1) is 7.76. The minimum Gasteiger partial charge on any atom is -0.271 e. The quantitative estimate of drug-likeness (QED) is 0.548. The lowest BCUT2D eigenvalue weighted by molar-refractivity contribution is 0.383. The molecule has 0 amide bonds. The molecule has 2 atom stereocenters. The van der Waals surface area contributed by atoms with E-state index in [2.05, 4.69) is 30.3 Å². The molecule has 2 unspecified atom stereocenters. The molecule has 3 N–H and O–H groups in total. The summed E-state index contributed by atoms with van der Waals surface area (Å²) in [5.74, 6) is 6.30. The summed E-state index contributed by atoms with van der Waals surface area (Å²) in [7, 11) is 0. The van der Waals surface area contributed by atoms with Gasteiger partial charge in [-0.25, -0.2) is 0 Å². The number of nitrogens with zero attached hydrogens (tertiary/aromatic N) is 1. The van der Waals surface area contributed by atoms with Crippen LogP contribution >= 0.6 is 0 Å². The third kappa shape index (κ3) is 4.73. The van der Waals surface area contributed by atoms with Crippen molar-refractivity contribution in [2.45, 2.75) is 45.6 Å². The molecule has 1 aromatic rings. The van der Waals surface area contributed by atoms with Crippen molar-refractivity contribution in [3.05, 3.63) is 30.1 Å². The molecule has 0 bridgehead atoms. The Labute approximate surface area is 98.4 Å². The lowest BCUT2D eigenvalue weighted by atomic mass is 9.95. The average Bonchev–Trinajstić information content (AvgIpc) is 2.30. The normalized spacial score (nSPS) is 14.7. The number of rotatable bonds is 7. The van der Waals surface area contributed by atoms with E-state index in [9.17, 15) is 0 Å². The van der Waals surface area contributed by atoms with Crippen molar-refractivity contribution in [3.63, 3.8) is 0 Å². The molecule has 3 nitrogen and oxygen atoms in total. The lowest BCUT2D eigenvalue weighted by Gasteiger charge is -2.19. The molecule has 1 heterocycles. The largest absolute Gasteiger partial charge is 0.271 e. The zero-order chi connectivity index (χ0) is 11.8. The zero-order valence-corrected chi connectivity index (χ0v) is 10.3. The van der Waals surface area contributed by atoms with Gasteiger partial charge in [0.25, 0.3) is 0 Å². The fraction of sp³-hybridized carbons (Fsp3) is 0.615. The first kappa shape index (κ1) is 13.1. The van der Waals surface area contributed by atoms with Crippen LogP contribution in [0, 0.1) is 5.92 Å². The van der Waals surface area contributed by atoms with Crippen LogP contribution in [0.5, 0.6) is 0 Å². The minimum atomic E-state index is 0.330. The Morgan fingerprint density at radius 2 is 2.25 bits per heavy atom. The third-order valence-corrected chi connectivity index (χ3v) is 2.89. The van der Waals surface area contributed by atoms with E-state index in [4.69, 9.17) is 5.84 Å². The highest BCUT2D eigenvalue weighted by Crippen LogP contribution is 2.14. The molecule has 0 fully saturated rings. The summed E-state index contributed by atoms with van der Waals surface area (Å²) < 4.78 is 0. The predicted octanol–water partition coefficient (Wildman–Crippen LogP) is 2.28. The number of hydrazine groups is 1. The van der Waals surface area contributed by atoms with Crippen molar-refractivity contribution in [2.75, 3.05) is 0 Å². The van der Waals surface area contributed by atoms with Crippen LogP contribution in [0.25, 0.3) is 0 Å². The maximum Gasteiger partial charge on any atom is 0.0419 e. The summed E-state index contributed by atoms with van der Waals surface area (Å²) >= 11 is 0. The Morgan fingerprint density at radius 3 is 2.81 bits per heavy atom. The van der Waals surface area contributed by atoms with E-state index in [0.29, 0.717) is 6.04 Å². The third-order valence-electron chi connectivity index (χ3n) is 2.89. The molecule has 0 saturated carbocycles. The van der Waals surface area contributed by atoms with Gasteiger partial charge in [0, 0.05) is 24.4 Å². The molecule has 0 aromatic carbocycles. The molecular formula is C13H23N3. The van der Waals surface area contributed by atoms with Crippen molar-refractivity contribution in [2.24, 2.45) is 11.8 Å². The van der Waals surface area contributed by atoms with Gasteiger partial charge in [0.1, 0.15) is 0 Å². The van der Waals surface area contributed by atoms with Gasteiger partial charge < -0.3 is 0 Å². The van der Waals surface area contributed by atoms with Gasteiger partial charge in [-0.05, 0) is 24.5 Å². The van der Waals surface area contributed by atoms with Crippen LogP contribution in [-0.2, 0) is 6.42 Å². The molecule has 0 radical (unpaired) electrons. The number of pyridine rings is 1. The smallest absolute Gasteiger partial charge is 0.0419 e. The number of hydrogen-bond acceptors (Lipinski definition) is 3. The van der Waals surface area contributed by atoms with Gasteiger partial charge in [-0.1, -0.05) is 32.8 Å². The van der Waals surface area contributed by atoms with E-state index in [1.54, 1.807) is 0 Å². The van der Waals surface area contributed by atoms with Crippen LogP contribution in [0.4, 0.5) is 0 Å². The minimum absolute atomic E-state index is 0.330. The Bertz CT molecular complexity index is 274. The number of hydrogen-bond donors (Lipinski definition) is 2. The van der Waals surface area contributed by atoms with Gasteiger partial charge in [0.2, 0.25) is 0 Å². The highest BCUT2D eigenvalue weighted by Gasteiger charge is 2.12. The fourth-order valence-electron chi connectivity index (χ4n) is 2.08.